The Labute approximate surface area is 132 Å². The third-order valence-electron chi connectivity index (χ3n) is 6.30. The minimum absolute atomic E-state index is 0.0537. The number of nitrogens with one attached hydrogen (secondary N) is 2. The standard InChI is InChI=1S/C17H27N3O2/c1-17(2,3)20-8-11(7-12(20)21)18-16(22)19-15-13-9-4-5-10(6-9)14(13)15/h9-11,13-15H,4-8H2,1-3H3,(H2,18,19,22). The number of amides is 3. The largest absolute Gasteiger partial charge is 0.336 e. The number of carbonyl (C=O) groups excluding carboxylic acids is 2. The summed E-state index contributed by atoms with van der Waals surface area (Å²) >= 11 is 0. The van der Waals surface area contributed by atoms with E-state index in [1.807, 2.05) is 25.7 Å². The Morgan fingerprint density at radius 2 is 1.77 bits per heavy atom. The second-order valence-electron chi connectivity index (χ2n) is 8.71. The number of hydrogen-bond donors (Lipinski definition) is 2. The van der Waals surface area contributed by atoms with E-state index < -0.39 is 0 Å². The lowest BCUT2D eigenvalue weighted by Crippen LogP contribution is -2.47. The SMILES string of the molecule is CC(C)(C)N1CC(NC(=O)NC2C3C4CCC(C4)C23)CC1=O. The van der Waals surface area contributed by atoms with Crippen molar-refractivity contribution in [2.45, 2.75) is 64.1 Å². The normalized spacial score (nSPS) is 42.5. The quantitative estimate of drug-likeness (QED) is 0.816. The van der Waals surface area contributed by atoms with Gasteiger partial charge in [-0.25, -0.2) is 4.79 Å². The van der Waals surface area contributed by atoms with E-state index >= 15 is 0 Å². The first kappa shape index (κ1) is 14.3. The number of rotatable bonds is 2. The lowest BCUT2D eigenvalue weighted by atomic mass is 10.0. The summed E-state index contributed by atoms with van der Waals surface area (Å²) in [7, 11) is 0. The van der Waals surface area contributed by atoms with Gasteiger partial charge in [-0.05, 0) is 63.7 Å². The summed E-state index contributed by atoms with van der Waals surface area (Å²) in [5.74, 6) is 3.37. The second-order valence-corrected chi connectivity index (χ2v) is 8.71. The Morgan fingerprint density at radius 1 is 1.14 bits per heavy atom. The van der Waals surface area contributed by atoms with Crippen LogP contribution in [0.2, 0.25) is 0 Å². The smallest absolute Gasteiger partial charge is 0.315 e. The Balaban J connectivity index is 1.28. The first-order valence-electron chi connectivity index (χ1n) is 8.72. The fourth-order valence-electron chi connectivity index (χ4n) is 5.35. The predicted octanol–water partition coefficient (Wildman–Crippen LogP) is 1.73. The zero-order valence-electron chi connectivity index (χ0n) is 13.8. The first-order valence-corrected chi connectivity index (χ1v) is 8.72. The van der Waals surface area contributed by atoms with E-state index in [4.69, 9.17) is 0 Å². The van der Waals surface area contributed by atoms with Gasteiger partial charge in [-0.2, -0.15) is 0 Å². The fraction of sp³-hybridized carbons (Fsp3) is 0.882. The summed E-state index contributed by atoms with van der Waals surface area (Å²) in [6.07, 6.45) is 4.55. The molecule has 5 heteroatoms. The van der Waals surface area contributed by atoms with Crippen molar-refractivity contribution in [3.05, 3.63) is 0 Å². The van der Waals surface area contributed by atoms with E-state index in [0.717, 1.165) is 23.7 Å². The molecule has 1 aliphatic heterocycles. The second kappa shape index (κ2) is 4.62. The molecule has 22 heavy (non-hydrogen) atoms. The molecule has 4 rings (SSSR count). The van der Waals surface area contributed by atoms with Crippen molar-refractivity contribution < 1.29 is 9.59 Å². The van der Waals surface area contributed by atoms with Crippen LogP contribution in [0.3, 0.4) is 0 Å². The van der Waals surface area contributed by atoms with Crippen molar-refractivity contribution in [2.24, 2.45) is 23.7 Å². The molecule has 5 atom stereocenters. The fourth-order valence-corrected chi connectivity index (χ4v) is 5.35. The van der Waals surface area contributed by atoms with E-state index in [0.29, 0.717) is 19.0 Å². The molecule has 2 N–H and O–H groups in total. The molecule has 1 saturated heterocycles. The number of urea groups is 1. The summed E-state index contributed by atoms with van der Waals surface area (Å²) < 4.78 is 0. The highest BCUT2D eigenvalue weighted by atomic mass is 16.2. The van der Waals surface area contributed by atoms with Gasteiger partial charge in [0.1, 0.15) is 0 Å². The molecule has 1 heterocycles. The van der Waals surface area contributed by atoms with Crippen molar-refractivity contribution in [1.82, 2.24) is 15.5 Å². The zero-order chi connectivity index (χ0) is 15.6. The lowest BCUT2D eigenvalue weighted by molar-refractivity contribution is -0.131. The summed E-state index contributed by atoms with van der Waals surface area (Å²) in [4.78, 5) is 26.1. The molecule has 5 nitrogen and oxygen atoms in total. The van der Waals surface area contributed by atoms with Gasteiger partial charge in [-0.3, -0.25) is 4.79 Å². The van der Waals surface area contributed by atoms with Crippen LogP contribution in [-0.4, -0.2) is 41.0 Å². The molecule has 0 aromatic rings. The van der Waals surface area contributed by atoms with Crippen LogP contribution in [-0.2, 0) is 4.79 Å². The molecule has 4 aliphatic rings. The molecule has 122 valence electrons. The van der Waals surface area contributed by atoms with Crippen LogP contribution in [0.5, 0.6) is 0 Å². The van der Waals surface area contributed by atoms with Crippen LogP contribution >= 0.6 is 0 Å². The molecule has 2 bridgehead atoms. The Bertz CT molecular complexity index is 497. The molecule has 0 radical (unpaired) electrons. The van der Waals surface area contributed by atoms with Gasteiger partial charge in [0, 0.05) is 24.5 Å². The van der Waals surface area contributed by atoms with Crippen LogP contribution in [0, 0.1) is 23.7 Å². The van der Waals surface area contributed by atoms with Gasteiger partial charge in [-0.1, -0.05) is 0 Å². The van der Waals surface area contributed by atoms with Gasteiger partial charge < -0.3 is 15.5 Å². The molecule has 0 spiro atoms. The van der Waals surface area contributed by atoms with E-state index in [1.54, 1.807) is 0 Å². The number of likely N-dealkylation sites (tertiary alicyclic amines) is 1. The molecular weight excluding hydrogens is 278 g/mol. The van der Waals surface area contributed by atoms with Crippen molar-refractivity contribution in [1.29, 1.82) is 0 Å². The highest BCUT2D eigenvalue weighted by molar-refractivity contribution is 5.82. The van der Waals surface area contributed by atoms with E-state index in [1.165, 1.54) is 19.3 Å². The minimum Gasteiger partial charge on any atom is -0.336 e. The van der Waals surface area contributed by atoms with Crippen LogP contribution in [0.1, 0.15) is 46.5 Å². The molecular formula is C17H27N3O2. The van der Waals surface area contributed by atoms with Crippen molar-refractivity contribution in [3.63, 3.8) is 0 Å². The molecule has 5 unspecified atom stereocenters. The molecule has 3 aliphatic carbocycles. The van der Waals surface area contributed by atoms with Gasteiger partial charge >= 0.3 is 6.03 Å². The molecule has 4 fully saturated rings. The molecule has 0 aromatic carbocycles. The molecule has 3 saturated carbocycles. The van der Waals surface area contributed by atoms with Crippen LogP contribution < -0.4 is 10.6 Å². The first-order chi connectivity index (χ1) is 10.3. The van der Waals surface area contributed by atoms with Gasteiger partial charge in [0.15, 0.2) is 0 Å². The zero-order valence-corrected chi connectivity index (χ0v) is 13.8. The summed E-state index contributed by atoms with van der Waals surface area (Å²) in [6, 6.07) is 0.275. The van der Waals surface area contributed by atoms with Crippen molar-refractivity contribution >= 4 is 11.9 Å². The van der Waals surface area contributed by atoms with Crippen LogP contribution in [0.15, 0.2) is 0 Å². The lowest BCUT2D eigenvalue weighted by Gasteiger charge is -2.32. The summed E-state index contributed by atoms with van der Waals surface area (Å²) in [5, 5.41) is 6.18. The number of carbonyl (C=O) groups is 2. The Morgan fingerprint density at radius 3 is 2.32 bits per heavy atom. The van der Waals surface area contributed by atoms with Crippen molar-refractivity contribution in [2.75, 3.05) is 6.54 Å². The third kappa shape index (κ3) is 2.20. The Hall–Kier alpha value is -1.26. The highest BCUT2D eigenvalue weighted by Crippen LogP contribution is 2.65. The van der Waals surface area contributed by atoms with E-state index in [-0.39, 0.29) is 23.5 Å². The molecule has 3 amide bonds. The summed E-state index contributed by atoms with van der Waals surface area (Å²) in [5.41, 5.74) is -0.170. The maximum atomic E-state index is 12.2. The van der Waals surface area contributed by atoms with Crippen LogP contribution in [0.25, 0.3) is 0 Å². The maximum absolute atomic E-state index is 12.2. The predicted molar refractivity (Wildman–Crippen MR) is 83.1 cm³/mol. The maximum Gasteiger partial charge on any atom is 0.315 e. The van der Waals surface area contributed by atoms with Gasteiger partial charge in [0.2, 0.25) is 5.91 Å². The molecule has 0 aromatic heterocycles. The average Bonchev–Trinajstić information content (AvgIpc) is 2.80. The highest BCUT2D eigenvalue weighted by Gasteiger charge is 2.65. The number of nitrogens with zero attached hydrogens (tertiary/aromatic N) is 1. The van der Waals surface area contributed by atoms with Gasteiger partial charge in [0.25, 0.3) is 0 Å². The number of hydrogen-bond acceptors (Lipinski definition) is 2. The number of fused-ring (bicyclic) bond motifs is 5. The van der Waals surface area contributed by atoms with Gasteiger partial charge in [-0.15, -0.1) is 0 Å². The van der Waals surface area contributed by atoms with E-state index in [9.17, 15) is 9.59 Å². The summed E-state index contributed by atoms with van der Waals surface area (Å²) in [6.45, 7) is 6.73. The van der Waals surface area contributed by atoms with E-state index in [2.05, 4.69) is 10.6 Å². The monoisotopic (exact) mass is 305 g/mol. The van der Waals surface area contributed by atoms with Gasteiger partial charge in [0.05, 0.1) is 6.04 Å². The Kier molecular flexibility index (Phi) is 3.01. The third-order valence-corrected chi connectivity index (χ3v) is 6.30. The minimum atomic E-state index is -0.170. The average molecular weight is 305 g/mol. The topological polar surface area (TPSA) is 61.4 Å². The van der Waals surface area contributed by atoms with Crippen LogP contribution in [0.4, 0.5) is 4.79 Å². The van der Waals surface area contributed by atoms with Crippen molar-refractivity contribution in [3.8, 4) is 0 Å².